The Morgan fingerprint density at radius 1 is 1.43 bits per heavy atom. The number of thiophene rings is 1. The lowest BCUT2D eigenvalue weighted by Gasteiger charge is -2.37. The lowest BCUT2D eigenvalue weighted by Crippen LogP contribution is -2.52. The summed E-state index contributed by atoms with van der Waals surface area (Å²) < 4.78 is 5.41. The first-order valence-electron chi connectivity index (χ1n) is 7.41. The second-order valence-corrected chi connectivity index (χ2v) is 7.58. The molecule has 2 aromatic rings. The fourth-order valence-electron chi connectivity index (χ4n) is 3.05. The number of ether oxygens (including phenoxy) is 1. The first-order chi connectivity index (χ1) is 11.2. The Labute approximate surface area is 141 Å². The zero-order valence-electron chi connectivity index (χ0n) is 12.3. The van der Waals surface area contributed by atoms with Crippen molar-refractivity contribution in [1.29, 1.82) is 0 Å². The number of amides is 2. The quantitative estimate of drug-likeness (QED) is 0.905. The molecule has 2 amide bonds. The first kappa shape index (κ1) is 14.6. The molecule has 1 spiro atoms. The van der Waals surface area contributed by atoms with Crippen molar-refractivity contribution in [1.82, 2.24) is 15.2 Å². The third-order valence-electron chi connectivity index (χ3n) is 4.15. The van der Waals surface area contributed by atoms with Gasteiger partial charge in [0.2, 0.25) is 0 Å². The van der Waals surface area contributed by atoms with Crippen molar-refractivity contribution in [3.63, 3.8) is 0 Å². The zero-order valence-corrected chi connectivity index (χ0v) is 13.9. The van der Waals surface area contributed by atoms with Gasteiger partial charge in [0.1, 0.15) is 16.3 Å². The van der Waals surface area contributed by atoms with E-state index in [1.54, 1.807) is 21.6 Å². The summed E-state index contributed by atoms with van der Waals surface area (Å²) in [6, 6.07) is 3.97. The molecule has 2 aliphatic heterocycles. The highest BCUT2D eigenvalue weighted by Crippen LogP contribution is 2.31. The maximum absolute atomic E-state index is 12.7. The molecule has 2 aliphatic rings. The molecule has 1 atom stereocenters. The van der Waals surface area contributed by atoms with E-state index in [1.165, 1.54) is 11.3 Å². The van der Waals surface area contributed by atoms with Crippen LogP contribution >= 0.6 is 22.7 Å². The number of thiazole rings is 1. The third-order valence-corrected chi connectivity index (χ3v) is 6.03. The van der Waals surface area contributed by atoms with Crippen molar-refractivity contribution in [3.8, 4) is 9.88 Å². The van der Waals surface area contributed by atoms with Gasteiger partial charge in [-0.1, -0.05) is 6.07 Å². The van der Waals surface area contributed by atoms with Gasteiger partial charge in [-0.25, -0.2) is 9.78 Å². The molecule has 2 aromatic heterocycles. The number of hydrogen-bond acceptors (Lipinski definition) is 6. The van der Waals surface area contributed by atoms with Crippen LogP contribution in [0.1, 0.15) is 23.3 Å². The second kappa shape index (κ2) is 5.61. The molecule has 8 heteroatoms. The molecule has 0 aromatic carbocycles. The maximum atomic E-state index is 12.7. The highest BCUT2D eigenvalue weighted by atomic mass is 32.1. The van der Waals surface area contributed by atoms with Crippen molar-refractivity contribution in [2.45, 2.75) is 18.4 Å². The van der Waals surface area contributed by atoms with Crippen LogP contribution < -0.4 is 5.32 Å². The predicted molar refractivity (Wildman–Crippen MR) is 87.8 cm³/mol. The summed E-state index contributed by atoms with van der Waals surface area (Å²) in [4.78, 5) is 31.4. The molecule has 6 nitrogen and oxygen atoms in total. The molecular formula is C15H15N3O3S2. The normalized spacial score (nSPS) is 23.8. The van der Waals surface area contributed by atoms with Gasteiger partial charge in [-0.2, -0.15) is 0 Å². The fraction of sp³-hybridized carbons (Fsp3) is 0.400. The van der Waals surface area contributed by atoms with Gasteiger partial charge in [-0.3, -0.25) is 4.79 Å². The van der Waals surface area contributed by atoms with Gasteiger partial charge in [-0.15, -0.1) is 22.7 Å². The number of nitrogens with one attached hydrogen (secondary N) is 1. The summed E-state index contributed by atoms with van der Waals surface area (Å²) in [5, 5.41) is 7.35. The van der Waals surface area contributed by atoms with Gasteiger partial charge < -0.3 is 15.0 Å². The number of rotatable bonds is 2. The summed E-state index contributed by atoms with van der Waals surface area (Å²) in [6.07, 6.45) is 1.21. The molecular weight excluding hydrogens is 334 g/mol. The molecule has 23 heavy (non-hydrogen) atoms. The van der Waals surface area contributed by atoms with Crippen LogP contribution in [-0.2, 0) is 4.74 Å². The second-order valence-electron chi connectivity index (χ2n) is 5.77. The average molecular weight is 349 g/mol. The summed E-state index contributed by atoms with van der Waals surface area (Å²) in [5.74, 6) is -0.0916. The number of hydrogen-bond donors (Lipinski definition) is 1. The molecule has 0 bridgehead atoms. The minimum Gasteiger partial charge on any atom is -0.439 e. The minimum atomic E-state index is -0.572. The summed E-state index contributed by atoms with van der Waals surface area (Å²) in [6.45, 7) is 1.56. The molecule has 2 fully saturated rings. The fourth-order valence-corrected chi connectivity index (χ4v) is 4.66. The lowest BCUT2D eigenvalue weighted by molar-refractivity contribution is -0.00520. The summed E-state index contributed by atoms with van der Waals surface area (Å²) in [5.41, 5.74) is -0.106. The van der Waals surface area contributed by atoms with E-state index in [4.69, 9.17) is 4.74 Å². The van der Waals surface area contributed by atoms with Crippen LogP contribution in [0.2, 0.25) is 0 Å². The number of piperidine rings is 1. The smallest absolute Gasteiger partial charge is 0.407 e. The number of carbonyl (C=O) groups is 2. The molecule has 0 unspecified atom stereocenters. The standard InChI is InChI=1S/C15H15N3O3S2/c19-13(10-7-23-12(17-10)11-3-1-6-22-11)18-5-2-4-15(9-18)8-16-14(20)21-15/h1,3,6-7H,2,4-5,8-9H2,(H,16,20)/t15-/m1/s1. The highest BCUT2D eigenvalue weighted by Gasteiger charge is 2.45. The van der Waals surface area contributed by atoms with Crippen LogP contribution in [0.15, 0.2) is 22.9 Å². The SMILES string of the molecule is O=C1NC[C@@]2(CCCN(C(=O)c3csc(-c4cccs4)n3)C2)O1. The first-order valence-corrected chi connectivity index (χ1v) is 9.17. The van der Waals surface area contributed by atoms with Crippen molar-refractivity contribution in [3.05, 3.63) is 28.6 Å². The topological polar surface area (TPSA) is 71.5 Å². The monoisotopic (exact) mass is 349 g/mol. The van der Waals surface area contributed by atoms with Gasteiger partial charge >= 0.3 is 6.09 Å². The average Bonchev–Trinajstić information content (AvgIpc) is 3.27. The summed E-state index contributed by atoms with van der Waals surface area (Å²) in [7, 11) is 0. The van der Waals surface area contributed by atoms with E-state index in [0.717, 1.165) is 22.7 Å². The van der Waals surface area contributed by atoms with Crippen molar-refractivity contribution >= 4 is 34.7 Å². The third kappa shape index (κ3) is 2.72. The van der Waals surface area contributed by atoms with Gasteiger partial charge in [-0.05, 0) is 24.3 Å². The van der Waals surface area contributed by atoms with E-state index in [9.17, 15) is 9.59 Å². The van der Waals surface area contributed by atoms with Crippen molar-refractivity contribution in [2.75, 3.05) is 19.6 Å². The molecule has 4 rings (SSSR count). The number of nitrogens with zero attached hydrogens (tertiary/aromatic N) is 2. The van der Waals surface area contributed by atoms with E-state index in [1.807, 2.05) is 17.5 Å². The van der Waals surface area contributed by atoms with Gasteiger partial charge in [0.25, 0.3) is 5.91 Å². The van der Waals surface area contributed by atoms with Crippen molar-refractivity contribution < 1.29 is 14.3 Å². The Kier molecular flexibility index (Phi) is 3.57. The Morgan fingerprint density at radius 2 is 2.35 bits per heavy atom. The highest BCUT2D eigenvalue weighted by molar-refractivity contribution is 7.20. The van der Waals surface area contributed by atoms with E-state index in [2.05, 4.69) is 10.3 Å². The summed E-state index contributed by atoms with van der Waals surface area (Å²) >= 11 is 3.09. The predicted octanol–water partition coefficient (Wildman–Crippen LogP) is 2.59. The zero-order chi connectivity index (χ0) is 15.9. The Balaban J connectivity index is 1.51. The lowest BCUT2D eigenvalue weighted by atomic mass is 9.93. The van der Waals surface area contributed by atoms with E-state index in [0.29, 0.717) is 25.3 Å². The van der Waals surface area contributed by atoms with Crippen LogP contribution in [0.3, 0.4) is 0 Å². The van der Waals surface area contributed by atoms with Crippen molar-refractivity contribution in [2.24, 2.45) is 0 Å². The van der Waals surface area contributed by atoms with Crippen LogP contribution in [0, 0.1) is 0 Å². The van der Waals surface area contributed by atoms with E-state index < -0.39 is 11.7 Å². The largest absolute Gasteiger partial charge is 0.439 e. The molecule has 120 valence electrons. The Bertz CT molecular complexity index is 743. The molecule has 0 saturated carbocycles. The van der Waals surface area contributed by atoms with Crippen LogP contribution in [0.25, 0.3) is 9.88 Å². The van der Waals surface area contributed by atoms with Crippen LogP contribution in [-0.4, -0.2) is 47.1 Å². The van der Waals surface area contributed by atoms with Gasteiger partial charge in [0.15, 0.2) is 0 Å². The molecule has 4 heterocycles. The number of alkyl carbamates (subject to hydrolysis) is 1. The maximum Gasteiger partial charge on any atom is 0.407 e. The Morgan fingerprint density at radius 3 is 3.09 bits per heavy atom. The number of carbonyl (C=O) groups excluding carboxylic acids is 2. The van der Waals surface area contributed by atoms with Gasteiger partial charge in [0.05, 0.1) is 18.0 Å². The van der Waals surface area contributed by atoms with Crippen LogP contribution in [0.4, 0.5) is 4.79 Å². The van der Waals surface area contributed by atoms with E-state index >= 15 is 0 Å². The number of likely N-dealkylation sites (tertiary alicyclic amines) is 1. The molecule has 1 N–H and O–H groups in total. The number of aromatic nitrogens is 1. The minimum absolute atomic E-state index is 0.0916. The molecule has 0 radical (unpaired) electrons. The van der Waals surface area contributed by atoms with Gasteiger partial charge in [0, 0.05) is 11.9 Å². The molecule has 0 aliphatic carbocycles. The van der Waals surface area contributed by atoms with Crippen LogP contribution in [0.5, 0.6) is 0 Å². The Hall–Kier alpha value is -1.93. The van der Waals surface area contributed by atoms with E-state index in [-0.39, 0.29) is 5.91 Å². The molecule has 2 saturated heterocycles.